The van der Waals surface area contributed by atoms with Gasteiger partial charge in [0.2, 0.25) is 0 Å². The summed E-state index contributed by atoms with van der Waals surface area (Å²) in [6.07, 6.45) is 0.419. The third-order valence-electron chi connectivity index (χ3n) is 3.47. The number of furan rings is 1. The van der Waals surface area contributed by atoms with Gasteiger partial charge in [-0.2, -0.15) is 0 Å². The van der Waals surface area contributed by atoms with Crippen LogP contribution in [0, 0.1) is 5.82 Å². The molecule has 0 saturated carbocycles. The summed E-state index contributed by atoms with van der Waals surface area (Å²) in [4.78, 5) is 0. The molecule has 2 nitrogen and oxygen atoms in total. The second-order valence-electron chi connectivity index (χ2n) is 5.37. The summed E-state index contributed by atoms with van der Waals surface area (Å²) in [6, 6.07) is 13.8. The number of hydrogen-bond donors (Lipinski definition) is 1. The molecule has 3 rings (SSSR count). The molecule has 0 fully saturated rings. The molecule has 0 aliphatic rings. The van der Waals surface area contributed by atoms with Crippen molar-refractivity contribution in [3.05, 3.63) is 70.1 Å². The predicted octanol–water partition coefficient (Wildman–Crippen LogP) is 4.78. The standard InChI is InChI=1S/C17H14BrFO2/c1-17(20,10-11-2-4-13(18)5-3-11)16-9-12-8-14(19)6-7-15(12)21-16/h2-9,20H,10H2,1H3. The molecule has 4 heteroatoms. The van der Waals surface area contributed by atoms with E-state index in [1.165, 1.54) is 12.1 Å². The van der Waals surface area contributed by atoms with Gasteiger partial charge in [0.1, 0.15) is 22.8 Å². The van der Waals surface area contributed by atoms with Crippen LogP contribution >= 0.6 is 15.9 Å². The Morgan fingerprint density at radius 1 is 1.14 bits per heavy atom. The summed E-state index contributed by atoms with van der Waals surface area (Å²) in [5.74, 6) is 0.119. The van der Waals surface area contributed by atoms with Gasteiger partial charge in [0.15, 0.2) is 0 Å². The second kappa shape index (κ2) is 5.28. The fourth-order valence-corrected chi connectivity index (χ4v) is 2.63. The highest BCUT2D eigenvalue weighted by Crippen LogP contribution is 2.31. The van der Waals surface area contributed by atoms with E-state index in [1.807, 2.05) is 24.3 Å². The summed E-state index contributed by atoms with van der Waals surface area (Å²) in [6.45, 7) is 1.70. The van der Waals surface area contributed by atoms with E-state index < -0.39 is 5.60 Å². The van der Waals surface area contributed by atoms with Gasteiger partial charge in [-0.15, -0.1) is 0 Å². The molecule has 1 aromatic heterocycles. The smallest absolute Gasteiger partial charge is 0.136 e. The highest BCUT2D eigenvalue weighted by Gasteiger charge is 2.28. The molecular weight excluding hydrogens is 335 g/mol. The Bertz CT molecular complexity index is 775. The highest BCUT2D eigenvalue weighted by molar-refractivity contribution is 9.10. The first-order valence-corrected chi connectivity index (χ1v) is 7.40. The lowest BCUT2D eigenvalue weighted by molar-refractivity contribution is 0.0360. The maximum Gasteiger partial charge on any atom is 0.136 e. The van der Waals surface area contributed by atoms with Crippen molar-refractivity contribution >= 4 is 26.9 Å². The summed E-state index contributed by atoms with van der Waals surface area (Å²) < 4.78 is 19.9. The number of aliphatic hydroxyl groups is 1. The van der Waals surface area contributed by atoms with Crippen LogP contribution < -0.4 is 0 Å². The van der Waals surface area contributed by atoms with Gasteiger partial charge in [-0.25, -0.2) is 4.39 Å². The first-order chi connectivity index (χ1) is 9.94. The average molecular weight is 349 g/mol. The molecule has 3 aromatic rings. The van der Waals surface area contributed by atoms with Crippen LogP contribution in [0.3, 0.4) is 0 Å². The molecule has 0 saturated heterocycles. The lowest BCUT2D eigenvalue weighted by Crippen LogP contribution is -2.23. The van der Waals surface area contributed by atoms with Gasteiger partial charge in [0.05, 0.1) is 0 Å². The predicted molar refractivity (Wildman–Crippen MR) is 83.6 cm³/mol. The van der Waals surface area contributed by atoms with Crippen molar-refractivity contribution in [1.82, 2.24) is 0 Å². The Labute approximate surface area is 130 Å². The van der Waals surface area contributed by atoms with E-state index in [0.29, 0.717) is 23.2 Å². The van der Waals surface area contributed by atoms with E-state index in [1.54, 1.807) is 19.1 Å². The Balaban J connectivity index is 1.93. The van der Waals surface area contributed by atoms with Crippen LogP contribution in [0.5, 0.6) is 0 Å². The van der Waals surface area contributed by atoms with Crippen molar-refractivity contribution in [2.24, 2.45) is 0 Å². The van der Waals surface area contributed by atoms with E-state index in [9.17, 15) is 9.50 Å². The molecule has 108 valence electrons. The van der Waals surface area contributed by atoms with Crippen LogP contribution in [-0.4, -0.2) is 5.11 Å². The average Bonchev–Trinajstić information content (AvgIpc) is 2.85. The van der Waals surface area contributed by atoms with Gasteiger partial charge in [0.25, 0.3) is 0 Å². The fourth-order valence-electron chi connectivity index (χ4n) is 2.37. The van der Waals surface area contributed by atoms with Crippen molar-refractivity contribution in [2.75, 3.05) is 0 Å². The second-order valence-corrected chi connectivity index (χ2v) is 6.29. The van der Waals surface area contributed by atoms with E-state index in [-0.39, 0.29) is 5.82 Å². The van der Waals surface area contributed by atoms with Crippen molar-refractivity contribution < 1.29 is 13.9 Å². The maximum atomic E-state index is 13.2. The van der Waals surface area contributed by atoms with Crippen molar-refractivity contribution in [3.8, 4) is 0 Å². The number of hydrogen-bond acceptors (Lipinski definition) is 2. The molecule has 0 radical (unpaired) electrons. The summed E-state index contributed by atoms with van der Waals surface area (Å²) >= 11 is 3.38. The first-order valence-electron chi connectivity index (χ1n) is 6.60. The monoisotopic (exact) mass is 348 g/mol. The normalized spacial score (nSPS) is 14.3. The number of rotatable bonds is 3. The summed E-state index contributed by atoms with van der Waals surface area (Å²) in [5.41, 5.74) is 0.417. The van der Waals surface area contributed by atoms with E-state index in [2.05, 4.69) is 15.9 Å². The molecule has 1 unspecified atom stereocenters. The number of halogens is 2. The van der Waals surface area contributed by atoms with Crippen molar-refractivity contribution in [3.63, 3.8) is 0 Å². The Kier molecular flexibility index (Phi) is 3.59. The third kappa shape index (κ3) is 3.01. The summed E-state index contributed by atoms with van der Waals surface area (Å²) in [7, 11) is 0. The largest absolute Gasteiger partial charge is 0.458 e. The maximum absolute atomic E-state index is 13.2. The summed E-state index contributed by atoms with van der Waals surface area (Å²) in [5, 5.41) is 11.3. The number of benzene rings is 2. The van der Waals surface area contributed by atoms with E-state index in [0.717, 1.165) is 10.0 Å². The van der Waals surface area contributed by atoms with Crippen LogP contribution in [0.15, 0.2) is 57.4 Å². The van der Waals surface area contributed by atoms with Crippen LogP contribution in [0.2, 0.25) is 0 Å². The fraction of sp³-hybridized carbons (Fsp3) is 0.176. The SMILES string of the molecule is CC(O)(Cc1ccc(Br)cc1)c1cc2cc(F)ccc2o1. The first kappa shape index (κ1) is 14.3. The van der Waals surface area contributed by atoms with Crippen LogP contribution in [0.4, 0.5) is 4.39 Å². The van der Waals surface area contributed by atoms with Gasteiger partial charge >= 0.3 is 0 Å². The van der Waals surface area contributed by atoms with E-state index in [4.69, 9.17) is 4.42 Å². The van der Waals surface area contributed by atoms with Crippen LogP contribution in [0.1, 0.15) is 18.2 Å². The zero-order valence-electron chi connectivity index (χ0n) is 11.4. The molecule has 0 amide bonds. The van der Waals surface area contributed by atoms with Crippen molar-refractivity contribution in [2.45, 2.75) is 18.9 Å². The minimum absolute atomic E-state index is 0.317. The molecule has 1 heterocycles. The molecule has 2 aromatic carbocycles. The zero-order valence-corrected chi connectivity index (χ0v) is 13.0. The molecule has 0 spiro atoms. The molecule has 0 aliphatic carbocycles. The molecule has 21 heavy (non-hydrogen) atoms. The van der Waals surface area contributed by atoms with Crippen LogP contribution in [0.25, 0.3) is 11.0 Å². The molecule has 1 atom stereocenters. The third-order valence-corrected chi connectivity index (χ3v) is 4.00. The van der Waals surface area contributed by atoms with Gasteiger partial charge in [-0.05, 0) is 48.9 Å². The Morgan fingerprint density at radius 3 is 2.57 bits per heavy atom. The van der Waals surface area contributed by atoms with Crippen molar-refractivity contribution in [1.29, 1.82) is 0 Å². The van der Waals surface area contributed by atoms with Gasteiger partial charge in [-0.1, -0.05) is 28.1 Å². The Hall–Kier alpha value is -1.65. The topological polar surface area (TPSA) is 33.4 Å². The van der Waals surface area contributed by atoms with E-state index >= 15 is 0 Å². The van der Waals surface area contributed by atoms with Gasteiger partial charge < -0.3 is 9.52 Å². The molecule has 0 bridgehead atoms. The van der Waals surface area contributed by atoms with Gasteiger partial charge in [-0.3, -0.25) is 0 Å². The Morgan fingerprint density at radius 2 is 1.86 bits per heavy atom. The quantitative estimate of drug-likeness (QED) is 0.738. The highest BCUT2D eigenvalue weighted by atomic mass is 79.9. The number of fused-ring (bicyclic) bond motifs is 1. The minimum Gasteiger partial charge on any atom is -0.458 e. The molecular formula is C17H14BrFO2. The molecule has 0 aliphatic heterocycles. The lowest BCUT2D eigenvalue weighted by atomic mass is 9.94. The zero-order chi connectivity index (χ0) is 15.0. The van der Waals surface area contributed by atoms with Gasteiger partial charge in [0, 0.05) is 16.3 Å². The lowest BCUT2D eigenvalue weighted by Gasteiger charge is -2.20. The molecule has 1 N–H and O–H groups in total. The van der Waals surface area contributed by atoms with Crippen LogP contribution in [-0.2, 0) is 12.0 Å². The minimum atomic E-state index is -1.15.